The summed E-state index contributed by atoms with van der Waals surface area (Å²) < 4.78 is 1.93. The van der Waals surface area contributed by atoms with Gasteiger partial charge in [0.1, 0.15) is 22.0 Å². The molecule has 0 aliphatic rings. The molecular weight excluding hydrogens is 234 g/mol. The number of thiazole rings is 1. The fraction of sp³-hybridized carbons (Fsp3) is 0.0833. The summed E-state index contributed by atoms with van der Waals surface area (Å²) in [5.41, 5.74) is 2.18. The van der Waals surface area contributed by atoms with Crippen molar-refractivity contribution in [2.45, 2.75) is 6.92 Å². The summed E-state index contributed by atoms with van der Waals surface area (Å²) in [5, 5.41) is 2.54. The maximum atomic E-state index is 11.2. The molecule has 0 aromatic carbocycles. The summed E-state index contributed by atoms with van der Waals surface area (Å²) in [7, 11) is 0. The molecule has 0 N–H and O–H groups in total. The minimum absolute atomic E-state index is 0.0173. The van der Waals surface area contributed by atoms with Crippen molar-refractivity contribution >= 4 is 22.8 Å². The zero-order valence-electron chi connectivity index (χ0n) is 9.12. The van der Waals surface area contributed by atoms with Gasteiger partial charge in [0, 0.05) is 24.7 Å². The van der Waals surface area contributed by atoms with Crippen LogP contribution in [0.25, 0.3) is 16.3 Å². The molecule has 0 amide bonds. The van der Waals surface area contributed by atoms with Gasteiger partial charge in [-0.15, -0.1) is 11.3 Å². The molecule has 0 spiro atoms. The number of ketones is 1. The minimum atomic E-state index is -0.0173. The predicted molar refractivity (Wildman–Crippen MR) is 66.3 cm³/mol. The number of hydrogen-bond donors (Lipinski definition) is 0. The van der Waals surface area contributed by atoms with Crippen LogP contribution < -0.4 is 0 Å². The quantitative estimate of drug-likeness (QED) is 0.650. The van der Waals surface area contributed by atoms with Gasteiger partial charge in [0.2, 0.25) is 0 Å². The number of pyridine rings is 1. The third-order valence-corrected chi connectivity index (χ3v) is 3.31. The molecule has 0 bridgehead atoms. The van der Waals surface area contributed by atoms with Crippen LogP contribution >= 0.6 is 11.3 Å². The molecule has 0 radical (unpaired) electrons. The lowest BCUT2D eigenvalue weighted by atomic mass is 10.3. The molecule has 0 unspecified atom stereocenters. The van der Waals surface area contributed by atoms with Crippen molar-refractivity contribution in [3.8, 4) is 10.7 Å². The van der Waals surface area contributed by atoms with E-state index in [-0.39, 0.29) is 5.78 Å². The Balaban J connectivity index is 2.10. The molecule has 84 valence electrons. The normalized spacial score (nSPS) is 10.9. The number of aromatic nitrogens is 3. The number of rotatable bonds is 2. The average Bonchev–Trinajstić information content (AvgIpc) is 2.95. The lowest BCUT2D eigenvalue weighted by molar-refractivity contribution is 0.101. The second-order valence-corrected chi connectivity index (χ2v) is 4.54. The molecule has 0 saturated heterocycles. The first-order valence-corrected chi connectivity index (χ1v) is 6.02. The van der Waals surface area contributed by atoms with Gasteiger partial charge in [-0.2, -0.15) is 0 Å². The van der Waals surface area contributed by atoms with E-state index in [1.165, 1.54) is 18.3 Å². The van der Waals surface area contributed by atoms with Crippen LogP contribution in [0.2, 0.25) is 0 Å². The van der Waals surface area contributed by atoms with Gasteiger partial charge in [-0.05, 0) is 12.1 Å². The van der Waals surface area contributed by atoms with Crippen molar-refractivity contribution in [3.63, 3.8) is 0 Å². The van der Waals surface area contributed by atoms with E-state index in [1.54, 1.807) is 5.38 Å². The topological polar surface area (TPSA) is 47.3 Å². The van der Waals surface area contributed by atoms with Gasteiger partial charge in [0.25, 0.3) is 0 Å². The second kappa shape index (κ2) is 3.78. The van der Waals surface area contributed by atoms with Crippen LogP contribution in [0.4, 0.5) is 0 Å². The molecule has 4 nitrogen and oxygen atoms in total. The highest BCUT2D eigenvalue weighted by Gasteiger charge is 2.10. The van der Waals surface area contributed by atoms with E-state index >= 15 is 0 Å². The van der Waals surface area contributed by atoms with Crippen LogP contribution in [-0.4, -0.2) is 20.2 Å². The van der Waals surface area contributed by atoms with Gasteiger partial charge in [0.15, 0.2) is 5.78 Å². The molecule has 5 heteroatoms. The highest BCUT2D eigenvalue weighted by Crippen LogP contribution is 2.23. The van der Waals surface area contributed by atoms with E-state index in [0.29, 0.717) is 5.69 Å². The molecule has 0 saturated carbocycles. The Kier molecular flexibility index (Phi) is 2.26. The molecule has 3 heterocycles. The van der Waals surface area contributed by atoms with Crippen molar-refractivity contribution < 1.29 is 4.79 Å². The molecule has 3 aromatic rings. The van der Waals surface area contributed by atoms with Gasteiger partial charge in [-0.1, -0.05) is 6.07 Å². The fourth-order valence-corrected chi connectivity index (χ4v) is 2.40. The lowest BCUT2D eigenvalue weighted by Gasteiger charge is -1.86. The molecule has 0 fully saturated rings. The van der Waals surface area contributed by atoms with E-state index in [1.807, 2.05) is 35.0 Å². The number of imidazole rings is 1. The molecule has 17 heavy (non-hydrogen) atoms. The lowest BCUT2D eigenvalue weighted by Crippen LogP contribution is -1.91. The molecule has 3 aromatic heterocycles. The van der Waals surface area contributed by atoms with E-state index in [2.05, 4.69) is 9.97 Å². The van der Waals surface area contributed by atoms with E-state index < -0.39 is 0 Å². The van der Waals surface area contributed by atoms with E-state index in [0.717, 1.165) is 16.3 Å². The zero-order valence-corrected chi connectivity index (χ0v) is 9.94. The number of hydrogen-bond acceptors (Lipinski definition) is 4. The van der Waals surface area contributed by atoms with Crippen LogP contribution in [0.5, 0.6) is 0 Å². The Morgan fingerprint density at radius 1 is 1.35 bits per heavy atom. The first-order valence-electron chi connectivity index (χ1n) is 5.14. The third-order valence-electron chi connectivity index (χ3n) is 2.45. The average molecular weight is 243 g/mol. The van der Waals surface area contributed by atoms with Crippen molar-refractivity contribution in [1.29, 1.82) is 0 Å². The molecule has 3 rings (SSSR count). The number of Topliss-reactive ketones (excluding diaryl/α,β-unsaturated/α-hetero) is 1. The van der Waals surface area contributed by atoms with Crippen LogP contribution in [0.15, 0.2) is 36.0 Å². The Morgan fingerprint density at radius 2 is 2.24 bits per heavy atom. The highest BCUT2D eigenvalue weighted by atomic mass is 32.1. The standard InChI is InChI=1S/C12H9N3OS/c1-8(16)10-7-17-12(14-10)9-6-15-5-3-2-4-11(15)13-9/h2-7H,1H3. The summed E-state index contributed by atoms with van der Waals surface area (Å²) in [4.78, 5) is 19.9. The van der Waals surface area contributed by atoms with Gasteiger partial charge < -0.3 is 4.40 Å². The first kappa shape index (κ1) is 10.2. The van der Waals surface area contributed by atoms with Gasteiger partial charge in [0.05, 0.1) is 0 Å². The smallest absolute Gasteiger partial charge is 0.178 e. The SMILES string of the molecule is CC(=O)c1csc(-c2cn3ccccc3n2)n1. The first-order chi connectivity index (χ1) is 8.24. The van der Waals surface area contributed by atoms with E-state index in [9.17, 15) is 4.79 Å². The van der Waals surface area contributed by atoms with Crippen molar-refractivity contribution in [1.82, 2.24) is 14.4 Å². The highest BCUT2D eigenvalue weighted by molar-refractivity contribution is 7.13. The van der Waals surface area contributed by atoms with Crippen molar-refractivity contribution in [2.75, 3.05) is 0 Å². The maximum absolute atomic E-state index is 11.2. The Morgan fingerprint density at radius 3 is 2.94 bits per heavy atom. The monoisotopic (exact) mass is 243 g/mol. The number of fused-ring (bicyclic) bond motifs is 1. The van der Waals surface area contributed by atoms with E-state index in [4.69, 9.17) is 0 Å². The summed E-state index contributed by atoms with van der Waals surface area (Å²) in [6, 6.07) is 5.82. The minimum Gasteiger partial charge on any atom is -0.306 e. The van der Waals surface area contributed by atoms with Crippen LogP contribution in [0.3, 0.4) is 0 Å². The van der Waals surface area contributed by atoms with Crippen LogP contribution in [0, 0.1) is 0 Å². The summed E-state index contributed by atoms with van der Waals surface area (Å²) in [6.07, 6.45) is 3.85. The van der Waals surface area contributed by atoms with Crippen LogP contribution in [0.1, 0.15) is 17.4 Å². The zero-order chi connectivity index (χ0) is 11.8. The second-order valence-electron chi connectivity index (χ2n) is 3.69. The van der Waals surface area contributed by atoms with Gasteiger partial charge in [-0.25, -0.2) is 9.97 Å². The number of nitrogens with zero attached hydrogens (tertiary/aromatic N) is 3. The summed E-state index contributed by atoms with van der Waals surface area (Å²) in [6.45, 7) is 1.52. The molecule has 0 atom stereocenters. The largest absolute Gasteiger partial charge is 0.306 e. The van der Waals surface area contributed by atoms with Gasteiger partial charge in [-0.3, -0.25) is 4.79 Å². The van der Waals surface area contributed by atoms with Crippen molar-refractivity contribution in [2.24, 2.45) is 0 Å². The molecule has 0 aliphatic carbocycles. The number of carbonyl (C=O) groups excluding carboxylic acids is 1. The Bertz CT molecular complexity index is 665. The molecular formula is C12H9N3OS. The third kappa shape index (κ3) is 1.74. The van der Waals surface area contributed by atoms with Crippen molar-refractivity contribution in [3.05, 3.63) is 41.7 Å². The molecule has 0 aliphatic heterocycles. The Hall–Kier alpha value is -2.01. The predicted octanol–water partition coefficient (Wildman–Crippen LogP) is 2.66. The summed E-state index contributed by atoms with van der Waals surface area (Å²) >= 11 is 1.44. The van der Waals surface area contributed by atoms with Gasteiger partial charge >= 0.3 is 0 Å². The summed E-state index contributed by atoms with van der Waals surface area (Å²) in [5.74, 6) is -0.0173. The Labute approximate surface area is 102 Å². The maximum Gasteiger partial charge on any atom is 0.178 e. The fourth-order valence-electron chi connectivity index (χ4n) is 1.59. The van der Waals surface area contributed by atoms with Crippen LogP contribution in [-0.2, 0) is 0 Å². The number of carbonyl (C=O) groups is 1.